The van der Waals surface area contributed by atoms with Gasteiger partial charge in [0.25, 0.3) is 0 Å². The van der Waals surface area contributed by atoms with Gasteiger partial charge < -0.3 is 39.9 Å². The van der Waals surface area contributed by atoms with Gasteiger partial charge in [0.1, 0.15) is 18.2 Å². The SMILES string of the molecule is CCCCCCCCCCCCCCCCOCCCOP(=O)([O-])CO[C@H](C)Cn1cnc2c(N)ncnc21.[NH4+]. The van der Waals surface area contributed by atoms with E-state index in [2.05, 4.69) is 21.9 Å². The van der Waals surface area contributed by atoms with Crippen LogP contribution in [0.3, 0.4) is 0 Å². The van der Waals surface area contributed by atoms with Gasteiger partial charge in [-0.05, 0) is 19.8 Å². The average Bonchev–Trinajstić information content (AvgIpc) is 3.32. The predicted molar refractivity (Wildman–Crippen MR) is 160 cm³/mol. The Morgan fingerprint density at radius 1 is 0.875 bits per heavy atom. The largest absolute Gasteiger partial charge is 0.777 e. The molecule has 1 unspecified atom stereocenters. The second-order valence-corrected chi connectivity index (χ2v) is 12.2. The van der Waals surface area contributed by atoms with Crippen molar-refractivity contribution >= 4 is 24.6 Å². The summed E-state index contributed by atoms with van der Waals surface area (Å²) in [6.07, 6.45) is 21.3. The summed E-state index contributed by atoms with van der Waals surface area (Å²) >= 11 is 0. The summed E-state index contributed by atoms with van der Waals surface area (Å²) < 4.78 is 30.1. The Morgan fingerprint density at radius 2 is 1.45 bits per heavy atom. The lowest BCUT2D eigenvalue weighted by atomic mass is 10.0. The van der Waals surface area contributed by atoms with Crippen molar-refractivity contribution in [2.45, 2.75) is 123 Å². The lowest BCUT2D eigenvalue weighted by Gasteiger charge is -2.25. The van der Waals surface area contributed by atoms with Crippen molar-refractivity contribution in [2.24, 2.45) is 0 Å². The number of quaternary nitrogens is 1. The van der Waals surface area contributed by atoms with Crippen molar-refractivity contribution in [3.8, 4) is 0 Å². The Hall–Kier alpha value is -1.62. The Bertz CT molecular complexity index is 947. The molecule has 0 radical (unpaired) electrons. The van der Waals surface area contributed by atoms with E-state index < -0.39 is 20.0 Å². The molecule has 2 aromatic rings. The van der Waals surface area contributed by atoms with Crippen LogP contribution in [-0.4, -0.2) is 51.8 Å². The van der Waals surface area contributed by atoms with Crippen LogP contribution >= 0.6 is 7.60 Å². The lowest BCUT2D eigenvalue weighted by molar-refractivity contribution is -0.205. The standard InChI is InChI=1S/C28H52N5O5P.H3N/c1-3-4-5-6-7-8-9-10-11-12-13-14-15-16-18-36-19-17-20-38-39(34,35)24-37-25(2)21-33-23-32-26-27(29)30-22-31-28(26)33;/h22-23,25H,3-21,24H2,1-2H3,(H,34,35)(H2,29,30,31);1H3/t25-;/m1./s1. The first-order chi connectivity index (χ1) is 18.9. The molecule has 0 bridgehead atoms. The van der Waals surface area contributed by atoms with E-state index >= 15 is 0 Å². The van der Waals surface area contributed by atoms with Crippen LogP contribution in [-0.2, 0) is 25.1 Å². The van der Waals surface area contributed by atoms with Gasteiger partial charge in [-0.25, -0.2) is 15.0 Å². The van der Waals surface area contributed by atoms with Crippen molar-refractivity contribution in [1.82, 2.24) is 25.7 Å². The molecule has 0 saturated carbocycles. The Kier molecular flexibility index (Phi) is 20.1. The third-order valence-corrected chi connectivity index (χ3v) is 7.80. The molecule has 0 spiro atoms. The van der Waals surface area contributed by atoms with Crippen LogP contribution in [0.1, 0.15) is 110 Å². The topological polar surface area (TPSA) is 174 Å². The van der Waals surface area contributed by atoms with Crippen LogP contribution in [0.5, 0.6) is 0 Å². The van der Waals surface area contributed by atoms with Crippen LogP contribution in [0, 0.1) is 0 Å². The summed E-state index contributed by atoms with van der Waals surface area (Å²) in [7, 11) is -4.08. The molecule has 2 atom stereocenters. The van der Waals surface area contributed by atoms with Crippen molar-refractivity contribution in [2.75, 3.05) is 31.9 Å². The van der Waals surface area contributed by atoms with Gasteiger partial charge in [0.15, 0.2) is 19.1 Å². The zero-order valence-electron chi connectivity index (χ0n) is 25.2. The predicted octanol–water partition coefficient (Wildman–Crippen LogP) is 6.61. The number of nitrogens with zero attached hydrogens (tertiary/aromatic N) is 4. The van der Waals surface area contributed by atoms with Crippen LogP contribution < -0.4 is 16.8 Å². The number of nitrogen functional groups attached to an aromatic ring is 1. The van der Waals surface area contributed by atoms with Crippen molar-refractivity contribution in [3.05, 3.63) is 12.7 Å². The van der Waals surface area contributed by atoms with Gasteiger partial charge >= 0.3 is 0 Å². The van der Waals surface area contributed by atoms with Gasteiger partial charge in [-0.1, -0.05) is 90.4 Å². The highest BCUT2D eigenvalue weighted by molar-refractivity contribution is 7.51. The molecule has 2 heterocycles. The fourth-order valence-electron chi connectivity index (χ4n) is 4.48. The van der Waals surface area contributed by atoms with Gasteiger partial charge in [0.05, 0.1) is 25.6 Å². The molecule has 0 saturated heterocycles. The number of aromatic nitrogens is 4. The van der Waals surface area contributed by atoms with Gasteiger partial charge in [0.2, 0.25) is 0 Å². The van der Waals surface area contributed by atoms with Gasteiger partial charge in [-0.15, -0.1) is 0 Å². The monoisotopic (exact) mass is 586 g/mol. The molecule has 0 fully saturated rings. The molecule has 0 aromatic carbocycles. The average molecular weight is 587 g/mol. The first-order valence-corrected chi connectivity index (χ1v) is 16.7. The van der Waals surface area contributed by atoms with Crippen molar-refractivity contribution in [3.63, 3.8) is 0 Å². The quantitative estimate of drug-likeness (QED) is 0.0958. The molecule has 11 nitrogen and oxygen atoms in total. The zero-order valence-corrected chi connectivity index (χ0v) is 26.1. The molecule has 12 heteroatoms. The molecular formula is C28H55N6O5P. The number of anilines is 1. The highest BCUT2D eigenvalue weighted by Gasteiger charge is 2.14. The maximum Gasteiger partial charge on any atom is 0.165 e. The van der Waals surface area contributed by atoms with E-state index in [9.17, 15) is 9.46 Å². The van der Waals surface area contributed by atoms with Crippen LogP contribution in [0.15, 0.2) is 12.7 Å². The van der Waals surface area contributed by atoms with E-state index in [1.807, 2.05) is 0 Å². The molecular weight excluding hydrogens is 531 g/mol. The molecule has 232 valence electrons. The van der Waals surface area contributed by atoms with Crippen molar-refractivity contribution in [1.29, 1.82) is 0 Å². The van der Waals surface area contributed by atoms with E-state index in [0.29, 0.717) is 43.2 Å². The van der Waals surface area contributed by atoms with E-state index in [-0.39, 0.29) is 12.8 Å². The van der Waals surface area contributed by atoms with Gasteiger partial charge in [0, 0.05) is 13.2 Å². The molecule has 0 aliphatic carbocycles. The number of rotatable bonds is 25. The number of imidazole rings is 1. The number of hydrogen-bond donors (Lipinski definition) is 2. The number of fused-ring (bicyclic) bond motifs is 1. The summed E-state index contributed by atoms with van der Waals surface area (Å²) in [5.41, 5.74) is 6.88. The second-order valence-electron chi connectivity index (χ2n) is 10.4. The molecule has 2 aromatic heterocycles. The maximum absolute atomic E-state index is 12.2. The first kappa shape index (κ1) is 36.4. The van der Waals surface area contributed by atoms with E-state index in [0.717, 1.165) is 6.42 Å². The van der Waals surface area contributed by atoms with E-state index in [1.165, 1.54) is 89.8 Å². The number of ether oxygens (including phenoxy) is 2. The minimum atomic E-state index is -4.08. The fourth-order valence-corrected chi connectivity index (χ4v) is 5.40. The first-order valence-electron chi connectivity index (χ1n) is 15.0. The molecule has 0 aliphatic rings. The van der Waals surface area contributed by atoms with Crippen LogP contribution in [0.25, 0.3) is 11.2 Å². The smallest absolute Gasteiger partial charge is 0.165 e. The van der Waals surface area contributed by atoms with E-state index in [1.54, 1.807) is 17.8 Å². The van der Waals surface area contributed by atoms with Gasteiger partial charge in [-0.3, -0.25) is 0 Å². The molecule has 40 heavy (non-hydrogen) atoms. The minimum absolute atomic E-state index is 0. The molecule has 6 N–H and O–H groups in total. The summed E-state index contributed by atoms with van der Waals surface area (Å²) in [5, 5.41) is 0. The highest BCUT2D eigenvalue weighted by atomic mass is 31.2. The maximum atomic E-state index is 12.2. The Balaban J connectivity index is 0.00000800. The van der Waals surface area contributed by atoms with Gasteiger partial charge in [-0.2, -0.15) is 0 Å². The van der Waals surface area contributed by atoms with Crippen molar-refractivity contribution < 1.29 is 23.5 Å². The third-order valence-electron chi connectivity index (χ3n) is 6.76. The van der Waals surface area contributed by atoms with Crippen LogP contribution in [0.4, 0.5) is 5.82 Å². The Labute approximate surface area is 241 Å². The highest BCUT2D eigenvalue weighted by Crippen LogP contribution is 2.37. The summed E-state index contributed by atoms with van der Waals surface area (Å²) in [6, 6.07) is 0. The molecule has 0 aliphatic heterocycles. The molecule has 0 amide bonds. The fraction of sp³-hybridized carbons (Fsp3) is 0.821. The number of hydrogen-bond acceptors (Lipinski definition) is 9. The third kappa shape index (κ3) is 16.0. The second kappa shape index (κ2) is 22.0. The normalized spacial score (nSPS) is 13.8. The summed E-state index contributed by atoms with van der Waals surface area (Å²) in [5.74, 6) is 0.299. The number of nitrogens with two attached hydrogens (primary N) is 1. The van der Waals surface area contributed by atoms with E-state index in [4.69, 9.17) is 19.7 Å². The Morgan fingerprint density at radius 3 is 2.08 bits per heavy atom. The number of unbranched alkanes of at least 4 members (excludes halogenated alkanes) is 13. The van der Waals surface area contributed by atoms with Crippen LogP contribution in [0.2, 0.25) is 0 Å². The zero-order chi connectivity index (χ0) is 28.2. The lowest BCUT2D eigenvalue weighted by Crippen LogP contribution is -2.20. The molecule has 2 rings (SSSR count). The summed E-state index contributed by atoms with van der Waals surface area (Å²) in [4.78, 5) is 24.4. The summed E-state index contributed by atoms with van der Waals surface area (Å²) in [6.45, 7) is 5.73. The minimum Gasteiger partial charge on any atom is -0.777 e.